The average Bonchev–Trinajstić information content (AvgIpc) is 3.20. The monoisotopic (exact) mass is 349 g/mol. The van der Waals surface area contributed by atoms with Gasteiger partial charge in [-0.15, -0.1) is 0 Å². The number of thioether (sulfide) groups is 1. The predicted octanol–water partition coefficient (Wildman–Crippen LogP) is 3.82. The van der Waals surface area contributed by atoms with Gasteiger partial charge in [0, 0.05) is 0 Å². The maximum absolute atomic E-state index is 4.98. The minimum atomic E-state index is -2.28. The van der Waals surface area contributed by atoms with Crippen LogP contribution in [0.2, 0.25) is 0 Å². The third-order valence-electron chi connectivity index (χ3n) is 4.53. The van der Waals surface area contributed by atoms with E-state index in [2.05, 4.69) is 91.0 Å². The van der Waals surface area contributed by atoms with Gasteiger partial charge in [-0.05, 0) is 0 Å². The summed E-state index contributed by atoms with van der Waals surface area (Å²) in [5, 5.41) is 4.24. The Hall–Kier alpha value is -1.89. The van der Waals surface area contributed by atoms with Crippen LogP contribution in [0, 0.1) is 0 Å². The Bertz CT molecular complexity index is 735. The van der Waals surface area contributed by atoms with Crippen molar-refractivity contribution in [1.82, 2.24) is 0 Å². The Balaban J connectivity index is 2.07. The molecule has 24 heavy (non-hydrogen) atoms. The molecule has 1 aliphatic rings. The van der Waals surface area contributed by atoms with Crippen LogP contribution in [0.1, 0.15) is 0 Å². The molecule has 0 bridgehead atoms. The molecule has 3 aromatic carbocycles. The van der Waals surface area contributed by atoms with E-state index in [-0.39, 0.29) is 0 Å². The van der Waals surface area contributed by atoms with Gasteiger partial charge in [0.1, 0.15) is 0 Å². The first-order chi connectivity index (χ1) is 11.9. The van der Waals surface area contributed by atoms with Crippen molar-refractivity contribution in [3.05, 3.63) is 91.0 Å². The molecule has 0 N–H and O–H groups in total. The number of benzene rings is 3. The van der Waals surface area contributed by atoms with Gasteiger partial charge in [0.25, 0.3) is 0 Å². The Morgan fingerprint density at radius 1 is 0.625 bits per heavy atom. The van der Waals surface area contributed by atoms with Gasteiger partial charge in [0.15, 0.2) is 0 Å². The number of nitrogens with zero attached hydrogens (tertiary/aromatic N) is 1. The summed E-state index contributed by atoms with van der Waals surface area (Å²) in [6, 6.07) is 32.9. The molecule has 0 saturated heterocycles. The quantitative estimate of drug-likeness (QED) is 0.653. The Labute approximate surface area is 148 Å². The molecule has 3 heteroatoms. The van der Waals surface area contributed by atoms with Gasteiger partial charge in [0.2, 0.25) is 0 Å². The summed E-state index contributed by atoms with van der Waals surface area (Å²) in [5.74, 6) is 1.09. The van der Waals surface area contributed by atoms with Crippen LogP contribution in [0.4, 0.5) is 0 Å². The SMILES string of the molecule is c1ccc([PH](C2=NCCS2)(c2ccccc2)c2ccccc2)cc1. The zero-order valence-electron chi connectivity index (χ0n) is 13.4. The van der Waals surface area contributed by atoms with Crippen molar-refractivity contribution in [2.75, 3.05) is 12.3 Å². The molecule has 0 unspecified atom stereocenters. The maximum atomic E-state index is 4.98. The summed E-state index contributed by atoms with van der Waals surface area (Å²) >= 11 is 1.95. The molecule has 1 heterocycles. The molecule has 0 spiro atoms. The van der Waals surface area contributed by atoms with E-state index in [0.717, 1.165) is 12.3 Å². The van der Waals surface area contributed by atoms with Crippen molar-refractivity contribution in [3.8, 4) is 0 Å². The third-order valence-corrected chi connectivity index (χ3v) is 11.1. The number of aliphatic imine (C=N–C) groups is 1. The predicted molar refractivity (Wildman–Crippen MR) is 111 cm³/mol. The molecule has 120 valence electrons. The van der Waals surface area contributed by atoms with E-state index >= 15 is 0 Å². The van der Waals surface area contributed by atoms with Crippen LogP contribution in [-0.2, 0) is 0 Å². The fourth-order valence-electron chi connectivity index (χ4n) is 3.50. The van der Waals surface area contributed by atoms with Crippen LogP contribution >= 0.6 is 19.0 Å². The number of hydrogen-bond acceptors (Lipinski definition) is 2. The summed E-state index contributed by atoms with van der Waals surface area (Å²) < 4.78 is 0. The van der Waals surface area contributed by atoms with Gasteiger partial charge in [0.05, 0.1) is 0 Å². The zero-order valence-corrected chi connectivity index (χ0v) is 15.2. The Kier molecular flexibility index (Phi) is 4.51. The van der Waals surface area contributed by atoms with Gasteiger partial charge < -0.3 is 0 Å². The van der Waals surface area contributed by atoms with Crippen molar-refractivity contribution in [2.24, 2.45) is 4.99 Å². The van der Waals surface area contributed by atoms with Crippen molar-refractivity contribution in [1.29, 1.82) is 0 Å². The first-order valence-corrected chi connectivity index (χ1v) is 11.3. The fraction of sp³-hybridized carbons (Fsp3) is 0.0952. The normalized spacial score (nSPS) is 15.1. The van der Waals surface area contributed by atoms with Gasteiger partial charge in [-0.1, -0.05) is 0 Å². The van der Waals surface area contributed by atoms with Crippen LogP contribution in [-0.4, -0.2) is 17.1 Å². The van der Waals surface area contributed by atoms with Crippen molar-refractivity contribution >= 4 is 39.7 Å². The zero-order chi connectivity index (χ0) is 16.2. The van der Waals surface area contributed by atoms with E-state index in [9.17, 15) is 0 Å². The van der Waals surface area contributed by atoms with Gasteiger partial charge in [-0.3, -0.25) is 0 Å². The van der Waals surface area contributed by atoms with E-state index in [1.54, 1.807) is 0 Å². The van der Waals surface area contributed by atoms with Crippen LogP contribution in [0.15, 0.2) is 96.0 Å². The fourth-order valence-corrected chi connectivity index (χ4v) is 10.5. The molecule has 0 aliphatic carbocycles. The Morgan fingerprint density at radius 2 is 1.04 bits per heavy atom. The molecule has 3 aromatic rings. The molecule has 1 nitrogen and oxygen atoms in total. The van der Waals surface area contributed by atoms with Gasteiger partial charge in [-0.2, -0.15) is 0 Å². The van der Waals surface area contributed by atoms with Gasteiger partial charge in [-0.25, -0.2) is 0 Å². The molecule has 4 rings (SSSR count). The Morgan fingerprint density at radius 3 is 1.38 bits per heavy atom. The van der Waals surface area contributed by atoms with E-state index in [4.69, 9.17) is 4.99 Å². The molecule has 0 aromatic heterocycles. The number of rotatable bonds is 4. The van der Waals surface area contributed by atoms with Crippen LogP contribution in [0.25, 0.3) is 0 Å². The third kappa shape index (κ3) is 2.60. The molecule has 0 fully saturated rings. The van der Waals surface area contributed by atoms with Crippen molar-refractivity contribution in [3.63, 3.8) is 0 Å². The summed E-state index contributed by atoms with van der Waals surface area (Å²) in [6.07, 6.45) is 0. The van der Waals surface area contributed by atoms with Crippen LogP contribution in [0.5, 0.6) is 0 Å². The second kappa shape index (κ2) is 6.93. The van der Waals surface area contributed by atoms with Crippen molar-refractivity contribution < 1.29 is 0 Å². The van der Waals surface area contributed by atoms with Gasteiger partial charge >= 0.3 is 148 Å². The van der Waals surface area contributed by atoms with E-state index < -0.39 is 7.26 Å². The van der Waals surface area contributed by atoms with E-state index in [0.29, 0.717) is 0 Å². The first-order valence-electron chi connectivity index (χ1n) is 8.26. The standard InChI is InChI=1S/C21H20NPS/c1-4-10-18(11-5-1)23(21-22-16-17-24-21,19-12-6-2-7-13-19)20-14-8-3-9-15-20/h1-15,23H,16-17H2. The molecule has 0 saturated carbocycles. The van der Waals surface area contributed by atoms with Crippen LogP contribution < -0.4 is 15.9 Å². The molecule has 0 atom stereocenters. The summed E-state index contributed by atoms with van der Waals surface area (Å²) in [7, 11) is -2.28. The van der Waals surface area contributed by atoms with Crippen LogP contribution in [0.3, 0.4) is 0 Å². The average molecular weight is 349 g/mol. The second-order valence-electron chi connectivity index (χ2n) is 5.88. The molecule has 0 radical (unpaired) electrons. The van der Waals surface area contributed by atoms with E-state index in [1.165, 1.54) is 20.7 Å². The summed E-state index contributed by atoms with van der Waals surface area (Å²) in [4.78, 5) is 6.32. The minimum absolute atomic E-state index is 0.932. The summed E-state index contributed by atoms with van der Waals surface area (Å²) in [6.45, 7) is 0.932. The van der Waals surface area contributed by atoms with Crippen molar-refractivity contribution in [2.45, 2.75) is 0 Å². The molecular weight excluding hydrogens is 329 g/mol. The number of hydrogen-bond donors (Lipinski definition) is 0. The topological polar surface area (TPSA) is 12.4 Å². The summed E-state index contributed by atoms with van der Waals surface area (Å²) in [5.41, 5.74) is 0. The van der Waals surface area contributed by atoms with E-state index in [1.807, 2.05) is 11.8 Å². The molecule has 0 amide bonds. The first kappa shape index (κ1) is 15.6. The molecule has 1 aliphatic heterocycles. The molecular formula is C21H20NPS. The second-order valence-corrected chi connectivity index (χ2v) is 11.0.